The minimum absolute atomic E-state index is 0.0959. The van der Waals surface area contributed by atoms with Gasteiger partial charge in [-0.1, -0.05) is 6.07 Å². The molecule has 1 rings (SSSR count). The van der Waals surface area contributed by atoms with Gasteiger partial charge in [-0.2, -0.15) is 0 Å². The van der Waals surface area contributed by atoms with Gasteiger partial charge in [0.05, 0.1) is 6.42 Å². The summed E-state index contributed by atoms with van der Waals surface area (Å²) < 4.78 is 27.1. The Kier molecular flexibility index (Phi) is 5.17. The molecule has 0 heterocycles. The van der Waals surface area contributed by atoms with E-state index in [0.29, 0.717) is 0 Å². The van der Waals surface area contributed by atoms with Gasteiger partial charge < -0.3 is 21.5 Å². The van der Waals surface area contributed by atoms with E-state index in [1.807, 2.05) is 10.6 Å². The molecular formula is C12H13F2N3O4. The minimum Gasteiger partial charge on any atom is -0.480 e. The van der Waals surface area contributed by atoms with E-state index >= 15 is 0 Å². The molecule has 0 unspecified atom stereocenters. The highest BCUT2D eigenvalue weighted by Gasteiger charge is 2.23. The molecular weight excluding hydrogens is 288 g/mol. The molecule has 0 saturated carbocycles. The van der Waals surface area contributed by atoms with Crippen LogP contribution in [0.25, 0.3) is 0 Å². The third kappa shape index (κ3) is 4.41. The number of rotatable bonds is 5. The number of aryl methyl sites for hydroxylation is 1. The lowest BCUT2D eigenvalue weighted by molar-refractivity contribution is -0.140. The highest BCUT2D eigenvalue weighted by Crippen LogP contribution is 2.21. The fraction of sp³-hybridized carbons (Fsp3) is 0.250. The number of urea groups is 1. The molecule has 1 aromatic rings. The van der Waals surface area contributed by atoms with Gasteiger partial charge in [0.2, 0.25) is 5.91 Å². The summed E-state index contributed by atoms with van der Waals surface area (Å²) in [7, 11) is 0. The Morgan fingerprint density at radius 3 is 2.48 bits per heavy atom. The molecule has 5 N–H and O–H groups in total. The molecule has 7 nitrogen and oxygen atoms in total. The van der Waals surface area contributed by atoms with E-state index in [0.717, 1.165) is 6.07 Å². The highest BCUT2D eigenvalue weighted by molar-refractivity contribution is 5.94. The average molecular weight is 301 g/mol. The summed E-state index contributed by atoms with van der Waals surface area (Å²) in [5, 5.41) is 12.5. The van der Waals surface area contributed by atoms with Crippen molar-refractivity contribution in [1.29, 1.82) is 0 Å². The van der Waals surface area contributed by atoms with Crippen molar-refractivity contribution in [2.45, 2.75) is 19.4 Å². The summed E-state index contributed by atoms with van der Waals surface area (Å²) in [6, 6.07) is -0.641. The first-order valence-electron chi connectivity index (χ1n) is 5.75. The zero-order valence-corrected chi connectivity index (χ0v) is 10.9. The van der Waals surface area contributed by atoms with E-state index in [-0.39, 0.29) is 5.56 Å². The van der Waals surface area contributed by atoms with E-state index in [1.54, 1.807) is 0 Å². The number of nitrogens with one attached hydrogen (secondary N) is 2. The van der Waals surface area contributed by atoms with Crippen LogP contribution in [-0.4, -0.2) is 29.1 Å². The van der Waals surface area contributed by atoms with Crippen molar-refractivity contribution in [3.05, 3.63) is 29.3 Å². The molecule has 0 aromatic heterocycles. The van der Waals surface area contributed by atoms with Crippen LogP contribution in [0, 0.1) is 18.6 Å². The Labute approximate surface area is 118 Å². The van der Waals surface area contributed by atoms with Crippen molar-refractivity contribution in [2.24, 2.45) is 5.73 Å². The number of carbonyl (C=O) groups is 3. The molecule has 9 heteroatoms. The SMILES string of the molecule is Cc1ccc(F)c(NC(=O)N[C@H](CC(N)=O)C(=O)O)c1F. The van der Waals surface area contributed by atoms with Crippen LogP contribution in [0.3, 0.4) is 0 Å². The number of halogens is 2. The number of hydrogen-bond donors (Lipinski definition) is 4. The summed E-state index contributed by atoms with van der Waals surface area (Å²) >= 11 is 0. The third-order valence-electron chi connectivity index (χ3n) is 2.53. The fourth-order valence-electron chi connectivity index (χ4n) is 1.48. The standard InChI is InChI=1S/C12H13F2N3O4/c1-5-2-3-6(13)10(9(5)14)17-12(21)16-7(11(19)20)4-8(15)18/h2-3,7H,4H2,1H3,(H2,15,18)(H,19,20)(H2,16,17,21)/t7-/m1/s1. The monoisotopic (exact) mass is 301 g/mol. The van der Waals surface area contributed by atoms with Crippen molar-refractivity contribution in [3.63, 3.8) is 0 Å². The molecule has 114 valence electrons. The van der Waals surface area contributed by atoms with Crippen LogP contribution < -0.4 is 16.4 Å². The van der Waals surface area contributed by atoms with E-state index in [4.69, 9.17) is 10.8 Å². The Bertz CT molecular complexity index is 592. The molecule has 0 saturated heterocycles. The second kappa shape index (κ2) is 6.64. The maximum Gasteiger partial charge on any atom is 0.326 e. The van der Waals surface area contributed by atoms with Crippen LogP contribution in [0.1, 0.15) is 12.0 Å². The molecule has 0 bridgehead atoms. The number of hydrogen-bond acceptors (Lipinski definition) is 3. The molecule has 3 amide bonds. The van der Waals surface area contributed by atoms with Gasteiger partial charge in [0.25, 0.3) is 0 Å². The first kappa shape index (κ1) is 16.3. The topological polar surface area (TPSA) is 122 Å². The van der Waals surface area contributed by atoms with E-state index in [9.17, 15) is 23.2 Å². The molecule has 0 radical (unpaired) electrons. The van der Waals surface area contributed by atoms with E-state index in [2.05, 4.69) is 0 Å². The molecule has 0 aliphatic heterocycles. The number of anilines is 1. The number of amides is 3. The lowest BCUT2D eigenvalue weighted by Crippen LogP contribution is -2.45. The predicted octanol–water partition coefficient (Wildman–Crippen LogP) is 0.723. The Morgan fingerprint density at radius 1 is 1.33 bits per heavy atom. The zero-order chi connectivity index (χ0) is 16.2. The summed E-state index contributed by atoms with van der Waals surface area (Å²) in [6.07, 6.45) is -0.651. The van der Waals surface area contributed by atoms with Crippen LogP contribution in [0.4, 0.5) is 19.3 Å². The molecule has 1 aromatic carbocycles. The summed E-state index contributed by atoms with van der Waals surface area (Å²) in [5.41, 5.74) is 4.22. The number of aliphatic carboxylic acids is 1. The highest BCUT2D eigenvalue weighted by atomic mass is 19.1. The minimum atomic E-state index is -1.60. The van der Waals surface area contributed by atoms with Crippen molar-refractivity contribution in [2.75, 3.05) is 5.32 Å². The number of carboxylic acids is 1. The molecule has 0 spiro atoms. The van der Waals surface area contributed by atoms with Gasteiger partial charge in [0.1, 0.15) is 17.5 Å². The molecule has 0 aliphatic rings. The van der Waals surface area contributed by atoms with Crippen LogP contribution >= 0.6 is 0 Å². The van der Waals surface area contributed by atoms with Crippen LogP contribution in [0.2, 0.25) is 0 Å². The maximum atomic E-state index is 13.7. The molecule has 21 heavy (non-hydrogen) atoms. The van der Waals surface area contributed by atoms with E-state index < -0.39 is 47.7 Å². The van der Waals surface area contributed by atoms with Gasteiger partial charge in [0, 0.05) is 0 Å². The third-order valence-corrected chi connectivity index (χ3v) is 2.53. The Morgan fingerprint density at radius 2 is 1.95 bits per heavy atom. The quantitative estimate of drug-likeness (QED) is 0.640. The number of benzene rings is 1. The molecule has 1 atom stereocenters. The number of carbonyl (C=O) groups excluding carboxylic acids is 2. The van der Waals surface area contributed by atoms with Crippen LogP contribution in [0.15, 0.2) is 12.1 Å². The largest absolute Gasteiger partial charge is 0.480 e. The van der Waals surface area contributed by atoms with Gasteiger partial charge in [-0.05, 0) is 18.6 Å². The van der Waals surface area contributed by atoms with Crippen molar-refractivity contribution in [3.8, 4) is 0 Å². The van der Waals surface area contributed by atoms with Gasteiger partial charge >= 0.3 is 12.0 Å². The van der Waals surface area contributed by atoms with Gasteiger partial charge in [-0.25, -0.2) is 18.4 Å². The normalized spacial score (nSPS) is 11.6. The number of carboxylic acid groups (broad SMARTS) is 1. The van der Waals surface area contributed by atoms with E-state index in [1.165, 1.54) is 13.0 Å². The summed E-state index contributed by atoms with van der Waals surface area (Å²) in [4.78, 5) is 33.0. The predicted molar refractivity (Wildman–Crippen MR) is 68.5 cm³/mol. The first-order valence-corrected chi connectivity index (χ1v) is 5.75. The average Bonchev–Trinajstić information content (AvgIpc) is 2.38. The molecule has 0 aliphatic carbocycles. The Balaban J connectivity index is 2.84. The lowest BCUT2D eigenvalue weighted by Gasteiger charge is -2.14. The smallest absolute Gasteiger partial charge is 0.326 e. The lowest BCUT2D eigenvalue weighted by atomic mass is 10.2. The van der Waals surface area contributed by atoms with Crippen LogP contribution in [-0.2, 0) is 9.59 Å². The number of primary amides is 1. The second-order valence-electron chi connectivity index (χ2n) is 4.21. The van der Waals surface area contributed by atoms with Crippen molar-refractivity contribution >= 4 is 23.6 Å². The first-order chi connectivity index (χ1) is 9.72. The fourth-order valence-corrected chi connectivity index (χ4v) is 1.48. The molecule has 0 fully saturated rings. The van der Waals surface area contributed by atoms with Gasteiger partial charge in [0.15, 0.2) is 5.82 Å². The number of nitrogens with two attached hydrogens (primary N) is 1. The van der Waals surface area contributed by atoms with Crippen molar-refractivity contribution < 1.29 is 28.3 Å². The second-order valence-corrected chi connectivity index (χ2v) is 4.21. The zero-order valence-electron chi connectivity index (χ0n) is 10.9. The van der Waals surface area contributed by atoms with Gasteiger partial charge in [-0.3, -0.25) is 4.79 Å². The summed E-state index contributed by atoms with van der Waals surface area (Å²) in [6.45, 7) is 1.37. The maximum absolute atomic E-state index is 13.7. The Hall–Kier alpha value is -2.71. The van der Waals surface area contributed by atoms with Gasteiger partial charge in [-0.15, -0.1) is 0 Å². The van der Waals surface area contributed by atoms with Crippen LogP contribution in [0.5, 0.6) is 0 Å². The van der Waals surface area contributed by atoms with Crippen molar-refractivity contribution in [1.82, 2.24) is 5.32 Å². The summed E-state index contributed by atoms with van der Waals surface area (Å²) in [5.74, 6) is -4.45.